The lowest BCUT2D eigenvalue weighted by molar-refractivity contribution is 0.490. The fourth-order valence-corrected chi connectivity index (χ4v) is 3.17. The highest BCUT2D eigenvalue weighted by Crippen LogP contribution is 2.32. The van der Waals surface area contributed by atoms with Gasteiger partial charge in [-0.2, -0.15) is 0 Å². The minimum Gasteiger partial charge on any atom is -0.440 e. The third-order valence-electron chi connectivity index (χ3n) is 4.03. The number of halogens is 1. The zero-order chi connectivity index (χ0) is 16.6. The molecule has 24 heavy (non-hydrogen) atoms. The maximum atomic E-state index is 6.14. The lowest BCUT2D eigenvalue weighted by Crippen LogP contribution is -1.87. The van der Waals surface area contributed by atoms with Gasteiger partial charge in [0, 0.05) is 22.9 Å². The van der Waals surface area contributed by atoms with E-state index in [9.17, 15) is 0 Å². The molecule has 0 bridgehead atoms. The van der Waals surface area contributed by atoms with Crippen LogP contribution in [0.5, 0.6) is 0 Å². The zero-order valence-corrected chi connectivity index (χ0v) is 15.3. The highest BCUT2D eigenvalue weighted by atomic mass is 79.9. The first-order valence-electron chi connectivity index (χ1n) is 8.55. The number of nitrogens with zero attached hydrogens (tertiary/aromatic N) is 1. The minimum absolute atomic E-state index is 0.839. The van der Waals surface area contributed by atoms with E-state index in [1.165, 1.54) is 19.3 Å². The second-order valence-corrected chi connectivity index (χ2v) is 6.66. The maximum Gasteiger partial charge on any atom is 0.195 e. The number of benzene rings is 2. The molecule has 0 aliphatic rings. The predicted octanol–water partition coefficient (Wildman–Crippen LogP) is 6.51. The molecule has 0 saturated heterocycles. The summed E-state index contributed by atoms with van der Waals surface area (Å²) in [5.74, 6) is 1.71. The summed E-state index contributed by atoms with van der Waals surface area (Å²) in [6, 6.07) is 20.5. The Morgan fingerprint density at radius 2 is 1.38 bits per heavy atom. The van der Waals surface area contributed by atoms with Gasteiger partial charge in [0.25, 0.3) is 0 Å². The Kier molecular flexibility index (Phi) is 6.25. The fourth-order valence-electron chi connectivity index (χ4n) is 2.77. The van der Waals surface area contributed by atoms with Gasteiger partial charge in [-0.15, -0.1) is 0 Å². The summed E-state index contributed by atoms with van der Waals surface area (Å²) in [7, 11) is 0. The first-order chi connectivity index (χ1) is 11.9. The minimum atomic E-state index is 0.839. The Bertz CT molecular complexity index is 680. The molecule has 0 amide bonds. The van der Waals surface area contributed by atoms with Crippen LogP contribution in [0.4, 0.5) is 0 Å². The van der Waals surface area contributed by atoms with Gasteiger partial charge in [0.05, 0.1) is 0 Å². The smallest absolute Gasteiger partial charge is 0.195 e. The van der Waals surface area contributed by atoms with Crippen molar-refractivity contribution in [2.24, 2.45) is 0 Å². The van der Waals surface area contributed by atoms with Crippen LogP contribution in [0, 0.1) is 0 Å². The molecule has 1 aromatic heterocycles. The van der Waals surface area contributed by atoms with Crippen LogP contribution in [0.2, 0.25) is 0 Å². The van der Waals surface area contributed by atoms with Gasteiger partial charge in [-0.05, 0) is 12.8 Å². The van der Waals surface area contributed by atoms with E-state index in [-0.39, 0.29) is 0 Å². The van der Waals surface area contributed by atoms with E-state index in [4.69, 9.17) is 9.40 Å². The van der Waals surface area contributed by atoms with Crippen LogP contribution >= 0.6 is 15.9 Å². The van der Waals surface area contributed by atoms with Crippen molar-refractivity contribution in [3.05, 3.63) is 66.6 Å². The van der Waals surface area contributed by atoms with Gasteiger partial charge in [0.2, 0.25) is 0 Å². The molecule has 124 valence electrons. The number of alkyl halides is 1. The van der Waals surface area contributed by atoms with Crippen LogP contribution in [0.1, 0.15) is 31.6 Å². The highest BCUT2D eigenvalue weighted by Gasteiger charge is 2.16. The second kappa shape index (κ2) is 8.84. The molecule has 3 rings (SSSR count). The van der Waals surface area contributed by atoms with Crippen LogP contribution in [-0.4, -0.2) is 10.3 Å². The summed E-state index contributed by atoms with van der Waals surface area (Å²) in [5, 5.41) is 1.09. The molecule has 0 unspecified atom stereocenters. The van der Waals surface area contributed by atoms with Crippen molar-refractivity contribution in [1.29, 1.82) is 0 Å². The summed E-state index contributed by atoms with van der Waals surface area (Å²) >= 11 is 3.48. The molecule has 0 atom stereocenters. The van der Waals surface area contributed by atoms with E-state index in [2.05, 4.69) is 40.2 Å². The molecule has 0 saturated carbocycles. The molecule has 0 aliphatic carbocycles. The lowest BCUT2D eigenvalue weighted by Gasteiger charge is -2.00. The van der Waals surface area contributed by atoms with Crippen LogP contribution in [-0.2, 0) is 6.42 Å². The van der Waals surface area contributed by atoms with Crippen molar-refractivity contribution in [3.63, 3.8) is 0 Å². The van der Waals surface area contributed by atoms with Gasteiger partial charge >= 0.3 is 0 Å². The molecule has 0 spiro atoms. The normalized spacial score (nSPS) is 10.9. The van der Waals surface area contributed by atoms with E-state index in [0.29, 0.717) is 0 Å². The van der Waals surface area contributed by atoms with Gasteiger partial charge in [-0.1, -0.05) is 89.4 Å². The van der Waals surface area contributed by atoms with E-state index in [1.54, 1.807) is 0 Å². The van der Waals surface area contributed by atoms with E-state index < -0.39 is 0 Å². The van der Waals surface area contributed by atoms with Crippen LogP contribution in [0.25, 0.3) is 22.6 Å². The SMILES string of the molecule is BrCCCCCCc1nc(-c2ccccc2)c(-c2ccccc2)o1. The summed E-state index contributed by atoms with van der Waals surface area (Å²) in [4.78, 5) is 4.80. The summed E-state index contributed by atoms with van der Waals surface area (Å²) < 4.78 is 6.14. The third-order valence-corrected chi connectivity index (χ3v) is 4.59. The van der Waals surface area contributed by atoms with Gasteiger partial charge in [-0.3, -0.25) is 0 Å². The fraction of sp³-hybridized carbons (Fsp3) is 0.286. The Hall–Kier alpha value is -1.87. The van der Waals surface area contributed by atoms with Crippen molar-refractivity contribution >= 4 is 15.9 Å². The van der Waals surface area contributed by atoms with Gasteiger partial charge in [-0.25, -0.2) is 4.98 Å². The Morgan fingerprint density at radius 1 is 0.750 bits per heavy atom. The summed E-state index contributed by atoms with van der Waals surface area (Å²) in [5.41, 5.74) is 3.12. The predicted molar refractivity (Wildman–Crippen MR) is 103 cm³/mol. The highest BCUT2D eigenvalue weighted by molar-refractivity contribution is 9.09. The standard InChI is InChI=1S/C21H22BrNO/c22-16-10-2-1-9-15-19-23-20(17-11-5-3-6-12-17)21(24-19)18-13-7-4-8-14-18/h3-8,11-14H,1-2,9-10,15-16H2. The van der Waals surface area contributed by atoms with E-state index in [0.717, 1.165) is 46.6 Å². The average molecular weight is 384 g/mol. The van der Waals surface area contributed by atoms with Gasteiger partial charge in [0.15, 0.2) is 11.7 Å². The zero-order valence-electron chi connectivity index (χ0n) is 13.7. The molecule has 0 aliphatic heterocycles. The largest absolute Gasteiger partial charge is 0.440 e. The van der Waals surface area contributed by atoms with Gasteiger partial charge in [0.1, 0.15) is 5.69 Å². The van der Waals surface area contributed by atoms with Crippen molar-refractivity contribution in [2.45, 2.75) is 32.1 Å². The Morgan fingerprint density at radius 3 is 2.04 bits per heavy atom. The van der Waals surface area contributed by atoms with Crippen molar-refractivity contribution < 1.29 is 4.42 Å². The van der Waals surface area contributed by atoms with Crippen molar-refractivity contribution in [3.8, 4) is 22.6 Å². The number of hydrogen-bond acceptors (Lipinski definition) is 2. The number of unbranched alkanes of at least 4 members (excludes halogenated alkanes) is 3. The van der Waals surface area contributed by atoms with Crippen molar-refractivity contribution in [1.82, 2.24) is 4.98 Å². The molecular weight excluding hydrogens is 362 g/mol. The third kappa shape index (κ3) is 4.35. The Labute approximate surface area is 152 Å². The molecule has 0 N–H and O–H groups in total. The molecule has 2 aromatic carbocycles. The first-order valence-corrected chi connectivity index (χ1v) is 9.67. The second-order valence-electron chi connectivity index (χ2n) is 5.87. The number of hydrogen-bond donors (Lipinski definition) is 0. The van der Waals surface area contributed by atoms with E-state index in [1.807, 2.05) is 36.4 Å². The number of aryl methyl sites for hydroxylation is 1. The molecule has 0 radical (unpaired) electrons. The maximum absolute atomic E-state index is 6.14. The average Bonchev–Trinajstić information content (AvgIpc) is 3.07. The molecule has 2 nitrogen and oxygen atoms in total. The first kappa shape index (κ1) is 17.0. The molecule has 1 heterocycles. The van der Waals surface area contributed by atoms with Gasteiger partial charge < -0.3 is 4.42 Å². The number of aromatic nitrogens is 1. The molecule has 3 heteroatoms. The quantitative estimate of drug-likeness (QED) is 0.327. The van der Waals surface area contributed by atoms with Crippen LogP contribution < -0.4 is 0 Å². The monoisotopic (exact) mass is 383 g/mol. The van der Waals surface area contributed by atoms with Crippen LogP contribution in [0.3, 0.4) is 0 Å². The van der Waals surface area contributed by atoms with E-state index >= 15 is 0 Å². The summed E-state index contributed by atoms with van der Waals surface area (Å²) in [6.45, 7) is 0. The van der Waals surface area contributed by atoms with Crippen LogP contribution in [0.15, 0.2) is 65.1 Å². The number of oxazole rings is 1. The summed E-state index contributed by atoms with van der Waals surface area (Å²) in [6.07, 6.45) is 5.72. The molecule has 0 fully saturated rings. The molecule has 3 aromatic rings. The number of rotatable bonds is 8. The molecular formula is C21H22BrNO. The topological polar surface area (TPSA) is 26.0 Å². The Balaban J connectivity index is 1.83. The lowest BCUT2D eigenvalue weighted by atomic mass is 10.1. The van der Waals surface area contributed by atoms with Crippen molar-refractivity contribution in [2.75, 3.05) is 5.33 Å².